The highest BCUT2D eigenvalue weighted by Gasteiger charge is 2.63. The highest BCUT2D eigenvalue weighted by Crippen LogP contribution is 2.76. The van der Waals surface area contributed by atoms with Crippen molar-refractivity contribution in [2.45, 2.75) is 44.4 Å². The first-order valence-electron chi connectivity index (χ1n) is 5.92. The second-order valence-electron chi connectivity index (χ2n) is 5.49. The molecule has 4 rings (SSSR count). The molecule has 3 aliphatic carbocycles. The molecule has 1 aromatic rings. The van der Waals surface area contributed by atoms with E-state index in [0.717, 1.165) is 17.3 Å². The molecule has 0 N–H and O–H groups in total. The minimum atomic E-state index is 0.772. The normalized spacial score (nSPS) is 34.9. The van der Waals surface area contributed by atoms with Crippen LogP contribution in [-0.4, -0.2) is 0 Å². The number of benzene rings is 1. The Morgan fingerprint density at radius 1 is 1.14 bits per heavy atom. The minimum Gasteiger partial charge on any atom is -0.0617 e. The molecule has 1 aromatic carbocycles. The summed E-state index contributed by atoms with van der Waals surface area (Å²) in [4.78, 5) is 0. The number of hydrogen-bond donors (Lipinski definition) is 0. The molecule has 0 saturated heterocycles. The van der Waals surface area contributed by atoms with Crippen molar-refractivity contribution in [2.75, 3.05) is 0 Å². The van der Waals surface area contributed by atoms with Crippen LogP contribution in [0.2, 0.25) is 0 Å². The summed E-state index contributed by atoms with van der Waals surface area (Å²) in [6.45, 7) is 2.30. The fourth-order valence-electron chi connectivity index (χ4n) is 4.37. The molecule has 0 amide bonds. The van der Waals surface area contributed by atoms with Gasteiger partial charge >= 0.3 is 0 Å². The predicted octanol–water partition coefficient (Wildman–Crippen LogP) is 3.75. The highest BCUT2D eigenvalue weighted by molar-refractivity contribution is 5.51. The van der Waals surface area contributed by atoms with Gasteiger partial charge in [0, 0.05) is 0 Å². The van der Waals surface area contributed by atoms with E-state index >= 15 is 0 Å². The predicted molar refractivity (Wildman–Crippen MR) is 57.6 cm³/mol. The third-order valence-electron chi connectivity index (χ3n) is 5.04. The second kappa shape index (κ2) is 2.08. The number of hydrogen-bond acceptors (Lipinski definition) is 0. The molecule has 2 fully saturated rings. The Morgan fingerprint density at radius 2 is 1.93 bits per heavy atom. The smallest absolute Gasteiger partial charge is 0.00938 e. The van der Waals surface area contributed by atoms with Crippen molar-refractivity contribution in [2.24, 2.45) is 5.41 Å². The fraction of sp³-hybridized carbons (Fsp3) is 0.571. The molecule has 72 valence electrons. The summed E-state index contributed by atoms with van der Waals surface area (Å²) in [6.07, 6.45) is 5.97. The van der Waals surface area contributed by atoms with E-state index in [9.17, 15) is 0 Å². The zero-order valence-corrected chi connectivity index (χ0v) is 8.72. The van der Waals surface area contributed by atoms with Gasteiger partial charge in [0.2, 0.25) is 0 Å². The molecular weight excluding hydrogens is 168 g/mol. The molecule has 0 heterocycles. The van der Waals surface area contributed by atoms with Gasteiger partial charge in [0.25, 0.3) is 0 Å². The lowest BCUT2D eigenvalue weighted by Crippen LogP contribution is -2.02. The van der Waals surface area contributed by atoms with Gasteiger partial charge in [0.05, 0.1) is 0 Å². The lowest BCUT2D eigenvalue weighted by molar-refractivity contribution is 0.459. The molecule has 2 unspecified atom stereocenters. The van der Waals surface area contributed by atoms with Crippen LogP contribution in [0.3, 0.4) is 0 Å². The molecule has 2 atom stereocenters. The Bertz CT molecular complexity index is 412. The maximum Gasteiger partial charge on any atom is -0.00938 e. The molecule has 0 heteroatoms. The summed E-state index contributed by atoms with van der Waals surface area (Å²) in [5.41, 5.74) is 5.80. The molecule has 0 radical (unpaired) electrons. The van der Waals surface area contributed by atoms with Crippen LogP contribution >= 0.6 is 0 Å². The van der Waals surface area contributed by atoms with Gasteiger partial charge in [-0.1, -0.05) is 18.2 Å². The molecule has 0 aliphatic heterocycles. The van der Waals surface area contributed by atoms with Crippen LogP contribution in [0, 0.1) is 12.3 Å². The van der Waals surface area contributed by atoms with Crippen LogP contribution in [0.25, 0.3) is 0 Å². The number of rotatable bonds is 0. The van der Waals surface area contributed by atoms with Gasteiger partial charge in [0.15, 0.2) is 0 Å². The van der Waals surface area contributed by atoms with Gasteiger partial charge in [-0.05, 0) is 66.5 Å². The van der Waals surface area contributed by atoms with Crippen LogP contribution in [0.15, 0.2) is 18.2 Å². The molecule has 2 saturated carbocycles. The SMILES string of the molecule is Cc1cccc2c1C1CCC2C12CC2. The largest absolute Gasteiger partial charge is 0.0617 e. The van der Waals surface area contributed by atoms with E-state index < -0.39 is 0 Å². The topological polar surface area (TPSA) is 0 Å². The van der Waals surface area contributed by atoms with Crippen LogP contribution < -0.4 is 0 Å². The van der Waals surface area contributed by atoms with Gasteiger partial charge in [-0.25, -0.2) is 0 Å². The van der Waals surface area contributed by atoms with Gasteiger partial charge in [-0.3, -0.25) is 0 Å². The average Bonchev–Trinajstić information content (AvgIpc) is 2.83. The third kappa shape index (κ3) is 0.627. The Kier molecular flexibility index (Phi) is 1.11. The molecule has 0 aromatic heterocycles. The maximum absolute atomic E-state index is 2.40. The average molecular weight is 184 g/mol. The Labute approximate surface area is 85.3 Å². The van der Waals surface area contributed by atoms with Gasteiger partial charge in [0.1, 0.15) is 0 Å². The van der Waals surface area contributed by atoms with Crippen molar-refractivity contribution in [3.05, 3.63) is 34.9 Å². The first-order valence-corrected chi connectivity index (χ1v) is 5.92. The zero-order chi connectivity index (χ0) is 9.34. The van der Waals surface area contributed by atoms with E-state index in [0.29, 0.717) is 0 Å². The van der Waals surface area contributed by atoms with Crippen LogP contribution in [0.4, 0.5) is 0 Å². The van der Waals surface area contributed by atoms with Crippen LogP contribution in [0.5, 0.6) is 0 Å². The van der Waals surface area contributed by atoms with E-state index in [4.69, 9.17) is 0 Å². The van der Waals surface area contributed by atoms with E-state index in [1.54, 1.807) is 16.7 Å². The monoisotopic (exact) mass is 184 g/mol. The lowest BCUT2D eigenvalue weighted by Gasteiger charge is -2.16. The standard InChI is InChI=1S/C14H16/c1-9-3-2-4-10-11-5-6-12(13(9)10)14(11)7-8-14/h2-4,11-12H,5-8H2,1H3. The van der Waals surface area contributed by atoms with Crippen molar-refractivity contribution >= 4 is 0 Å². The Morgan fingerprint density at radius 3 is 2.64 bits per heavy atom. The molecule has 14 heavy (non-hydrogen) atoms. The van der Waals surface area contributed by atoms with Crippen molar-refractivity contribution in [3.8, 4) is 0 Å². The van der Waals surface area contributed by atoms with Crippen molar-refractivity contribution in [1.29, 1.82) is 0 Å². The molecule has 2 bridgehead atoms. The highest BCUT2D eigenvalue weighted by atomic mass is 14.7. The first kappa shape index (κ1) is 7.50. The summed E-state index contributed by atoms with van der Waals surface area (Å²) in [7, 11) is 0. The van der Waals surface area contributed by atoms with E-state index in [1.807, 2.05) is 0 Å². The summed E-state index contributed by atoms with van der Waals surface area (Å²) >= 11 is 0. The fourth-order valence-corrected chi connectivity index (χ4v) is 4.37. The molecule has 0 nitrogen and oxygen atoms in total. The zero-order valence-electron chi connectivity index (χ0n) is 8.72. The first-order chi connectivity index (χ1) is 6.83. The van der Waals surface area contributed by atoms with Gasteiger partial charge in [-0.2, -0.15) is 0 Å². The summed E-state index contributed by atoms with van der Waals surface area (Å²) in [6, 6.07) is 6.95. The Hall–Kier alpha value is -0.780. The van der Waals surface area contributed by atoms with Crippen LogP contribution in [0.1, 0.15) is 54.2 Å². The lowest BCUT2D eigenvalue weighted by atomic mass is 9.88. The van der Waals surface area contributed by atoms with Crippen molar-refractivity contribution < 1.29 is 0 Å². The van der Waals surface area contributed by atoms with E-state index in [2.05, 4.69) is 25.1 Å². The second-order valence-corrected chi connectivity index (χ2v) is 5.49. The number of aryl methyl sites for hydroxylation is 1. The van der Waals surface area contributed by atoms with Gasteiger partial charge < -0.3 is 0 Å². The summed E-state index contributed by atoms with van der Waals surface area (Å²) in [5, 5.41) is 0. The van der Waals surface area contributed by atoms with Crippen molar-refractivity contribution in [1.82, 2.24) is 0 Å². The van der Waals surface area contributed by atoms with E-state index in [-0.39, 0.29) is 0 Å². The Balaban J connectivity index is 2.02. The van der Waals surface area contributed by atoms with Gasteiger partial charge in [-0.15, -0.1) is 0 Å². The molecule has 1 spiro atoms. The van der Waals surface area contributed by atoms with Crippen LogP contribution in [-0.2, 0) is 0 Å². The maximum atomic E-state index is 2.40. The molecule has 3 aliphatic rings. The summed E-state index contributed by atoms with van der Waals surface area (Å²) < 4.78 is 0. The molecular formula is C14H16. The third-order valence-corrected chi connectivity index (χ3v) is 5.04. The quantitative estimate of drug-likeness (QED) is 0.576. The minimum absolute atomic E-state index is 0.772. The van der Waals surface area contributed by atoms with Crippen molar-refractivity contribution in [3.63, 3.8) is 0 Å². The van der Waals surface area contributed by atoms with E-state index in [1.165, 1.54) is 25.7 Å². The number of fused-ring (bicyclic) bond motifs is 3. The summed E-state index contributed by atoms with van der Waals surface area (Å²) in [5.74, 6) is 1.89.